The van der Waals surface area contributed by atoms with Crippen LogP contribution in [0.2, 0.25) is 5.02 Å². The molecule has 0 spiro atoms. The number of nitrogens with zero attached hydrogens (tertiary/aromatic N) is 1. The lowest BCUT2D eigenvalue weighted by atomic mass is 9.87. The Morgan fingerprint density at radius 1 is 1.33 bits per heavy atom. The van der Waals surface area contributed by atoms with Crippen LogP contribution in [0.3, 0.4) is 0 Å². The van der Waals surface area contributed by atoms with Crippen molar-refractivity contribution in [2.24, 2.45) is 5.92 Å². The molecule has 0 amide bonds. The number of aliphatic hydroxyl groups excluding tert-OH is 1. The highest BCUT2D eigenvalue weighted by Crippen LogP contribution is 2.24. The zero-order valence-corrected chi connectivity index (χ0v) is 12.8. The van der Waals surface area contributed by atoms with Crippen molar-refractivity contribution >= 4 is 22.5 Å². The van der Waals surface area contributed by atoms with Crippen molar-refractivity contribution in [2.45, 2.75) is 38.3 Å². The lowest BCUT2D eigenvalue weighted by Gasteiger charge is -2.26. The van der Waals surface area contributed by atoms with Gasteiger partial charge >= 0.3 is 0 Å². The maximum Gasteiger partial charge on any atom is 0.0747 e. The molecule has 1 aromatic carbocycles. The van der Waals surface area contributed by atoms with Gasteiger partial charge in [0.1, 0.15) is 0 Å². The van der Waals surface area contributed by atoms with Gasteiger partial charge in [0.2, 0.25) is 0 Å². The molecule has 1 aliphatic rings. The number of aliphatic hydroxyl groups is 1. The molecule has 1 fully saturated rings. The molecule has 3 rings (SSSR count). The number of aromatic nitrogens is 1. The summed E-state index contributed by atoms with van der Waals surface area (Å²) >= 11 is 6.18. The number of rotatable bonds is 4. The molecule has 4 heteroatoms. The summed E-state index contributed by atoms with van der Waals surface area (Å²) in [5, 5.41) is 15.0. The van der Waals surface area contributed by atoms with Crippen LogP contribution in [0, 0.1) is 5.92 Å². The van der Waals surface area contributed by atoms with Crippen LogP contribution >= 0.6 is 11.6 Å². The van der Waals surface area contributed by atoms with Gasteiger partial charge in [-0.15, -0.1) is 0 Å². The van der Waals surface area contributed by atoms with E-state index in [0.29, 0.717) is 5.92 Å². The molecule has 3 nitrogen and oxygen atoms in total. The van der Waals surface area contributed by atoms with Gasteiger partial charge in [-0.1, -0.05) is 24.1 Å². The Morgan fingerprint density at radius 2 is 2.24 bits per heavy atom. The third-order valence-corrected chi connectivity index (χ3v) is 4.47. The van der Waals surface area contributed by atoms with Crippen molar-refractivity contribution in [2.75, 3.05) is 6.54 Å². The maximum atomic E-state index is 9.72. The topological polar surface area (TPSA) is 45.1 Å². The van der Waals surface area contributed by atoms with Gasteiger partial charge in [-0.05, 0) is 55.5 Å². The van der Waals surface area contributed by atoms with Gasteiger partial charge in [-0.25, -0.2) is 0 Å². The van der Waals surface area contributed by atoms with Crippen molar-refractivity contribution in [3.63, 3.8) is 0 Å². The molecule has 0 bridgehead atoms. The number of halogens is 1. The molecule has 1 aromatic heterocycles. The predicted octanol–water partition coefficient (Wildman–Crippen LogP) is 3.53. The molecule has 0 radical (unpaired) electrons. The molecule has 2 N–H and O–H groups in total. The van der Waals surface area contributed by atoms with E-state index in [2.05, 4.69) is 10.3 Å². The van der Waals surface area contributed by atoms with Crippen LogP contribution in [0.15, 0.2) is 30.5 Å². The Bertz CT molecular complexity index is 617. The Labute approximate surface area is 130 Å². The van der Waals surface area contributed by atoms with Gasteiger partial charge in [-0.3, -0.25) is 4.98 Å². The fourth-order valence-corrected chi connectivity index (χ4v) is 3.47. The molecule has 2 unspecified atom stereocenters. The summed E-state index contributed by atoms with van der Waals surface area (Å²) in [5.41, 5.74) is 2.15. The standard InChI is InChI=1S/C17H21ClN2O/c18-15-8-13-4-2-6-20-17(13)14(9-15)11-19-10-12-3-1-5-16(21)7-12/h2,4,6,8-9,12,16,19,21H,1,3,5,7,10-11H2. The van der Waals surface area contributed by atoms with E-state index in [9.17, 15) is 5.11 Å². The Hall–Kier alpha value is -1.16. The Morgan fingerprint density at radius 3 is 3.10 bits per heavy atom. The number of benzene rings is 1. The largest absolute Gasteiger partial charge is 0.393 e. The quantitative estimate of drug-likeness (QED) is 0.908. The SMILES string of the molecule is OC1CCCC(CNCc2cc(Cl)cc3cccnc23)C1. The van der Waals surface area contributed by atoms with E-state index in [0.717, 1.165) is 53.8 Å². The summed E-state index contributed by atoms with van der Waals surface area (Å²) in [6.45, 7) is 1.71. The van der Waals surface area contributed by atoms with Crippen LogP contribution < -0.4 is 5.32 Å². The maximum absolute atomic E-state index is 9.72. The van der Waals surface area contributed by atoms with Crippen LogP contribution in [0.4, 0.5) is 0 Å². The highest BCUT2D eigenvalue weighted by Gasteiger charge is 2.19. The molecular formula is C17H21ClN2O. The van der Waals surface area contributed by atoms with Crippen LogP contribution in [0.1, 0.15) is 31.2 Å². The average molecular weight is 305 g/mol. The zero-order valence-electron chi connectivity index (χ0n) is 12.1. The molecule has 1 saturated carbocycles. The molecule has 112 valence electrons. The first-order valence-electron chi connectivity index (χ1n) is 7.64. The van der Waals surface area contributed by atoms with Crippen molar-refractivity contribution in [3.05, 3.63) is 41.0 Å². The van der Waals surface area contributed by atoms with Gasteiger partial charge in [0.25, 0.3) is 0 Å². The molecule has 0 saturated heterocycles. The van der Waals surface area contributed by atoms with Crippen LogP contribution in [-0.2, 0) is 6.54 Å². The van der Waals surface area contributed by atoms with Gasteiger partial charge < -0.3 is 10.4 Å². The smallest absolute Gasteiger partial charge is 0.0747 e. The number of hydrogen-bond acceptors (Lipinski definition) is 3. The Kier molecular flexibility index (Phi) is 4.73. The summed E-state index contributed by atoms with van der Waals surface area (Å²) in [6, 6.07) is 7.90. The number of hydrogen-bond donors (Lipinski definition) is 2. The molecule has 21 heavy (non-hydrogen) atoms. The van der Waals surface area contributed by atoms with Crippen LogP contribution in [0.25, 0.3) is 10.9 Å². The van der Waals surface area contributed by atoms with Crippen molar-refractivity contribution in [3.8, 4) is 0 Å². The first-order valence-corrected chi connectivity index (χ1v) is 8.02. The summed E-state index contributed by atoms with van der Waals surface area (Å²) in [6.07, 6.45) is 5.92. The van der Waals surface area contributed by atoms with Crippen LogP contribution in [-0.4, -0.2) is 22.7 Å². The zero-order chi connectivity index (χ0) is 14.7. The minimum Gasteiger partial charge on any atom is -0.393 e. The summed E-state index contributed by atoms with van der Waals surface area (Å²) in [5.74, 6) is 0.576. The highest BCUT2D eigenvalue weighted by molar-refractivity contribution is 6.31. The van der Waals surface area contributed by atoms with Gasteiger partial charge in [0, 0.05) is 23.2 Å². The minimum absolute atomic E-state index is 0.112. The second-order valence-corrected chi connectivity index (χ2v) is 6.39. The van der Waals surface area contributed by atoms with E-state index >= 15 is 0 Å². The van der Waals surface area contributed by atoms with E-state index in [1.807, 2.05) is 30.5 Å². The second kappa shape index (κ2) is 6.73. The van der Waals surface area contributed by atoms with Gasteiger partial charge in [0.15, 0.2) is 0 Å². The summed E-state index contributed by atoms with van der Waals surface area (Å²) in [4.78, 5) is 4.46. The minimum atomic E-state index is -0.112. The van der Waals surface area contributed by atoms with E-state index in [4.69, 9.17) is 11.6 Å². The van der Waals surface area contributed by atoms with Crippen molar-refractivity contribution in [1.82, 2.24) is 10.3 Å². The highest BCUT2D eigenvalue weighted by atomic mass is 35.5. The fourth-order valence-electron chi connectivity index (χ4n) is 3.22. The van der Waals surface area contributed by atoms with Gasteiger partial charge in [0.05, 0.1) is 11.6 Å². The van der Waals surface area contributed by atoms with Crippen molar-refractivity contribution < 1.29 is 5.11 Å². The second-order valence-electron chi connectivity index (χ2n) is 5.96. The molecule has 2 atom stereocenters. The fraction of sp³-hybridized carbons (Fsp3) is 0.471. The Balaban J connectivity index is 1.65. The van der Waals surface area contributed by atoms with Gasteiger partial charge in [-0.2, -0.15) is 0 Å². The summed E-state index contributed by atoms with van der Waals surface area (Å²) in [7, 11) is 0. The van der Waals surface area contributed by atoms with Crippen molar-refractivity contribution in [1.29, 1.82) is 0 Å². The lowest BCUT2D eigenvalue weighted by Crippen LogP contribution is -2.29. The van der Waals surface area contributed by atoms with E-state index in [-0.39, 0.29) is 6.10 Å². The number of nitrogens with one attached hydrogen (secondary N) is 1. The third-order valence-electron chi connectivity index (χ3n) is 4.25. The number of fused-ring (bicyclic) bond motifs is 1. The summed E-state index contributed by atoms with van der Waals surface area (Å²) < 4.78 is 0. The van der Waals surface area contributed by atoms with E-state index in [1.165, 1.54) is 6.42 Å². The lowest BCUT2D eigenvalue weighted by molar-refractivity contribution is 0.101. The normalized spacial score (nSPS) is 22.6. The van der Waals surface area contributed by atoms with E-state index < -0.39 is 0 Å². The molecule has 0 aliphatic heterocycles. The molecular weight excluding hydrogens is 284 g/mol. The number of pyridine rings is 1. The molecule has 2 aromatic rings. The van der Waals surface area contributed by atoms with E-state index in [1.54, 1.807) is 0 Å². The molecule has 1 aliphatic carbocycles. The monoisotopic (exact) mass is 304 g/mol. The first-order chi connectivity index (χ1) is 10.2. The average Bonchev–Trinajstić information content (AvgIpc) is 2.47. The third kappa shape index (κ3) is 3.73. The molecule has 1 heterocycles. The van der Waals surface area contributed by atoms with Crippen LogP contribution in [0.5, 0.6) is 0 Å². The first kappa shape index (κ1) is 14.8. The predicted molar refractivity (Wildman–Crippen MR) is 86.4 cm³/mol.